The maximum Gasteiger partial charge on any atom is 0.274 e. The van der Waals surface area contributed by atoms with Crippen molar-refractivity contribution in [1.29, 1.82) is 0 Å². The van der Waals surface area contributed by atoms with Crippen LogP contribution in [0.5, 0.6) is 0 Å². The van der Waals surface area contributed by atoms with Crippen LogP contribution in [0.1, 0.15) is 35.1 Å². The van der Waals surface area contributed by atoms with Crippen molar-refractivity contribution in [3.05, 3.63) is 66.6 Å². The molecule has 8 heteroatoms. The third kappa shape index (κ3) is 3.37. The Morgan fingerprint density at radius 3 is 2.72 bits per heavy atom. The van der Waals surface area contributed by atoms with Crippen LogP contribution < -0.4 is 0 Å². The van der Waals surface area contributed by atoms with Crippen LogP contribution in [0.25, 0.3) is 16.8 Å². The predicted molar refractivity (Wildman–Crippen MR) is 107 cm³/mol. The van der Waals surface area contributed by atoms with Crippen LogP contribution >= 0.6 is 0 Å². The van der Waals surface area contributed by atoms with Crippen LogP contribution in [0.3, 0.4) is 0 Å². The van der Waals surface area contributed by atoms with Crippen molar-refractivity contribution < 1.29 is 4.79 Å². The summed E-state index contributed by atoms with van der Waals surface area (Å²) < 4.78 is 3.48. The van der Waals surface area contributed by atoms with Crippen molar-refractivity contribution in [2.75, 3.05) is 13.1 Å². The molecular formula is C21H21N7O. The van der Waals surface area contributed by atoms with Crippen LogP contribution in [0.15, 0.2) is 55.1 Å². The Kier molecular flexibility index (Phi) is 4.31. The highest BCUT2D eigenvalue weighted by molar-refractivity contribution is 5.92. The van der Waals surface area contributed by atoms with Gasteiger partial charge in [0.15, 0.2) is 11.5 Å². The number of carbonyl (C=O) groups excluding carboxylic acids is 1. The molecule has 4 aromatic rings. The van der Waals surface area contributed by atoms with Gasteiger partial charge in [-0.05, 0) is 48.7 Å². The molecule has 5 heterocycles. The van der Waals surface area contributed by atoms with E-state index in [-0.39, 0.29) is 11.8 Å². The average molecular weight is 387 g/mol. The Bertz CT molecular complexity index is 1160. The maximum atomic E-state index is 12.8. The van der Waals surface area contributed by atoms with E-state index in [0.29, 0.717) is 12.2 Å². The van der Waals surface area contributed by atoms with Gasteiger partial charge in [0.05, 0.1) is 0 Å². The smallest absolute Gasteiger partial charge is 0.274 e. The number of hydrogen-bond donors (Lipinski definition) is 0. The highest BCUT2D eigenvalue weighted by Gasteiger charge is 2.29. The van der Waals surface area contributed by atoms with E-state index >= 15 is 0 Å². The van der Waals surface area contributed by atoms with Gasteiger partial charge in [0.25, 0.3) is 5.91 Å². The third-order valence-corrected chi connectivity index (χ3v) is 5.37. The lowest BCUT2D eigenvalue weighted by atomic mass is 9.97. The molecule has 0 radical (unpaired) electrons. The molecule has 0 spiro atoms. The second-order valence-corrected chi connectivity index (χ2v) is 7.39. The van der Waals surface area contributed by atoms with Crippen LogP contribution in [-0.4, -0.2) is 53.3 Å². The first kappa shape index (κ1) is 17.5. The fourth-order valence-corrected chi connectivity index (χ4v) is 3.85. The zero-order valence-corrected chi connectivity index (χ0v) is 16.1. The van der Waals surface area contributed by atoms with Gasteiger partial charge in [0, 0.05) is 56.4 Å². The summed E-state index contributed by atoms with van der Waals surface area (Å²) in [6.07, 6.45) is 9.24. The summed E-state index contributed by atoms with van der Waals surface area (Å²) in [5, 5.41) is 8.97. The lowest BCUT2D eigenvalue weighted by Gasteiger charge is -2.30. The molecule has 146 valence electrons. The standard InChI is InChI=1S/C21H21N7O/c1-26-12-8-18(24-26)21(29)27-11-2-3-17(13-27)20-23-19-5-4-16(14-28(19)25-20)15-6-9-22-10-7-15/h4-10,12,14,17H,2-3,11,13H2,1H3/t17-/m1/s1. The van der Waals surface area contributed by atoms with Gasteiger partial charge in [-0.2, -0.15) is 10.2 Å². The fourth-order valence-electron chi connectivity index (χ4n) is 3.85. The molecule has 1 aliphatic heterocycles. The van der Waals surface area contributed by atoms with Gasteiger partial charge in [-0.15, -0.1) is 0 Å². The van der Waals surface area contributed by atoms with Gasteiger partial charge >= 0.3 is 0 Å². The number of nitrogens with zero attached hydrogens (tertiary/aromatic N) is 7. The van der Waals surface area contributed by atoms with Crippen molar-refractivity contribution >= 4 is 11.6 Å². The molecule has 0 bridgehead atoms. The van der Waals surface area contributed by atoms with Crippen LogP contribution in [0, 0.1) is 0 Å². The summed E-state index contributed by atoms with van der Waals surface area (Å²) in [5.74, 6) is 0.884. The van der Waals surface area contributed by atoms with E-state index in [2.05, 4.69) is 10.1 Å². The van der Waals surface area contributed by atoms with Gasteiger partial charge in [-0.25, -0.2) is 9.50 Å². The molecular weight excluding hydrogens is 366 g/mol. The number of aryl methyl sites for hydroxylation is 1. The molecule has 4 aromatic heterocycles. The normalized spacial score (nSPS) is 17.0. The van der Waals surface area contributed by atoms with Crippen molar-refractivity contribution in [2.45, 2.75) is 18.8 Å². The predicted octanol–water partition coefficient (Wildman–Crippen LogP) is 2.54. The zero-order valence-electron chi connectivity index (χ0n) is 16.1. The minimum Gasteiger partial charge on any atom is -0.337 e. The second kappa shape index (κ2) is 7.12. The molecule has 1 amide bonds. The van der Waals surface area contributed by atoms with Crippen LogP contribution in [0.2, 0.25) is 0 Å². The largest absolute Gasteiger partial charge is 0.337 e. The number of piperidine rings is 1. The van der Waals surface area contributed by atoms with Gasteiger partial charge in [0.2, 0.25) is 0 Å². The topological polar surface area (TPSA) is 81.2 Å². The van der Waals surface area contributed by atoms with E-state index in [1.807, 2.05) is 46.9 Å². The first-order valence-corrected chi connectivity index (χ1v) is 9.73. The molecule has 0 N–H and O–H groups in total. The number of likely N-dealkylation sites (tertiary alicyclic amines) is 1. The number of aromatic nitrogens is 6. The Balaban J connectivity index is 1.39. The fraction of sp³-hybridized carbons (Fsp3) is 0.286. The lowest BCUT2D eigenvalue weighted by molar-refractivity contribution is 0.0698. The lowest BCUT2D eigenvalue weighted by Crippen LogP contribution is -2.39. The van der Waals surface area contributed by atoms with E-state index in [9.17, 15) is 4.79 Å². The molecule has 1 fully saturated rings. The van der Waals surface area contributed by atoms with Crippen molar-refractivity contribution in [2.24, 2.45) is 7.05 Å². The Morgan fingerprint density at radius 2 is 1.93 bits per heavy atom. The summed E-state index contributed by atoms with van der Waals surface area (Å²) in [4.78, 5) is 23.4. The van der Waals surface area contributed by atoms with Crippen molar-refractivity contribution in [3.8, 4) is 11.1 Å². The molecule has 8 nitrogen and oxygen atoms in total. The first-order chi connectivity index (χ1) is 14.2. The third-order valence-electron chi connectivity index (χ3n) is 5.37. The molecule has 1 atom stereocenters. The minimum atomic E-state index is -0.0287. The summed E-state index contributed by atoms with van der Waals surface area (Å²) in [5.41, 5.74) is 3.44. The molecule has 0 saturated carbocycles. The molecule has 0 aromatic carbocycles. The number of carbonyl (C=O) groups is 1. The van der Waals surface area contributed by atoms with Gasteiger partial charge in [-0.3, -0.25) is 14.5 Å². The summed E-state index contributed by atoms with van der Waals surface area (Å²) >= 11 is 0. The molecule has 0 unspecified atom stereocenters. The minimum absolute atomic E-state index is 0.0287. The Morgan fingerprint density at radius 1 is 1.07 bits per heavy atom. The highest BCUT2D eigenvalue weighted by atomic mass is 16.2. The summed E-state index contributed by atoms with van der Waals surface area (Å²) in [6.45, 7) is 1.36. The maximum absolute atomic E-state index is 12.8. The Labute approximate surface area is 167 Å². The molecule has 1 saturated heterocycles. The molecule has 0 aliphatic carbocycles. The Hall–Kier alpha value is -3.55. The van der Waals surface area contributed by atoms with Gasteiger partial charge in [-0.1, -0.05) is 0 Å². The zero-order chi connectivity index (χ0) is 19.8. The quantitative estimate of drug-likeness (QED) is 0.540. The monoisotopic (exact) mass is 387 g/mol. The van der Waals surface area contributed by atoms with Crippen LogP contribution in [0.4, 0.5) is 0 Å². The first-order valence-electron chi connectivity index (χ1n) is 9.73. The number of rotatable bonds is 3. The number of amides is 1. The summed E-state index contributed by atoms with van der Waals surface area (Å²) in [7, 11) is 1.82. The van der Waals surface area contributed by atoms with Gasteiger partial charge in [0.1, 0.15) is 5.69 Å². The number of fused-ring (bicyclic) bond motifs is 1. The van der Waals surface area contributed by atoms with E-state index < -0.39 is 0 Å². The van der Waals surface area contributed by atoms with E-state index in [1.54, 1.807) is 29.3 Å². The van der Waals surface area contributed by atoms with Crippen molar-refractivity contribution in [1.82, 2.24) is 34.3 Å². The van der Waals surface area contributed by atoms with Crippen LogP contribution in [-0.2, 0) is 7.05 Å². The molecule has 5 rings (SSSR count). The van der Waals surface area contributed by atoms with E-state index in [0.717, 1.165) is 42.0 Å². The van der Waals surface area contributed by atoms with Crippen molar-refractivity contribution in [3.63, 3.8) is 0 Å². The number of pyridine rings is 2. The van der Waals surface area contributed by atoms with Gasteiger partial charge < -0.3 is 4.90 Å². The molecule has 29 heavy (non-hydrogen) atoms. The average Bonchev–Trinajstić information content (AvgIpc) is 3.39. The molecule has 1 aliphatic rings. The number of hydrogen-bond acceptors (Lipinski definition) is 5. The summed E-state index contributed by atoms with van der Waals surface area (Å²) in [6, 6.07) is 9.73. The SMILES string of the molecule is Cn1ccc(C(=O)N2CCC[C@@H](c3nc4ccc(-c5ccncc5)cn4n3)C2)n1. The second-order valence-electron chi connectivity index (χ2n) is 7.39. The highest BCUT2D eigenvalue weighted by Crippen LogP contribution is 2.27. The van der Waals surface area contributed by atoms with E-state index in [1.165, 1.54) is 0 Å². The van der Waals surface area contributed by atoms with E-state index in [4.69, 9.17) is 10.1 Å².